The number of allylic oxidation sites excluding steroid dienone is 3. The number of esters is 1. The SMILES string of the molecule is CC1=C/C(=C\C(=O)/C=C/c2cccs2)OC1=O. The van der Waals surface area contributed by atoms with Crippen LogP contribution in [0.25, 0.3) is 6.08 Å². The first-order chi connectivity index (χ1) is 8.15. The lowest BCUT2D eigenvalue weighted by molar-refractivity contribution is -0.133. The Morgan fingerprint density at radius 3 is 2.88 bits per heavy atom. The van der Waals surface area contributed by atoms with Crippen LogP contribution in [0.2, 0.25) is 0 Å². The Morgan fingerprint density at radius 1 is 1.47 bits per heavy atom. The molecule has 3 nitrogen and oxygen atoms in total. The van der Waals surface area contributed by atoms with E-state index in [0.717, 1.165) is 4.88 Å². The van der Waals surface area contributed by atoms with Gasteiger partial charge in [-0.2, -0.15) is 0 Å². The van der Waals surface area contributed by atoms with Crippen molar-refractivity contribution in [1.29, 1.82) is 0 Å². The maximum absolute atomic E-state index is 11.5. The zero-order valence-corrected chi connectivity index (χ0v) is 9.99. The molecule has 0 saturated carbocycles. The van der Waals surface area contributed by atoms with E-state index in [2.05, 4.69) is 0 Å². The molecule has 0 unspecified atom stereocenters. The number of cyclic esters (lactones) is 1. The highest BCUT2D eigenvalue weighted by atomic mass is 32.1. The third-order valence-electron chi connectivity index (χ3n) is 2.13. The molecule has 2 rings (SSSR count). The summed E-state index contributed by atoms with van der Waals surface area (Å²) in [6.07, 6.45) is 6.04. The lowest BCUT2D eigenvalue weighted by atomic mass is 10.2. The summed E-state index contributed by atoms with van der Waals surface area (Å²) >= 11 is 1.55. The van der Waals surface area contributed by atoms with Crippen LogP contribution in [0.15, 0.2) is 47.1 Å². The number of carbonyl (C=O) groups excluding carboxylic acids is 2. The molecule has 0 radical (unpaired) electrons. The number of ketones is 1. The molecular formula is C13H10O3S. The molecule has 4 heteroatoms. The van der Waals surface area contributed by atoms with E-state index in [4.69, 9.17) is 4.74 Å². The molecule has 1 aromatic heterocycles. The van der Waals surface area contributed by atoms with Crippen molar-refractivity contribution in [2.24, 2.45) is 0 Å². The van der Waals surface area contributed by atoms with E-state index in [1.54, 1.807) is 30.4 Å². The third-order valence-corrected chi connectivity index (χ3v) is 2.97. The Kier molecular flexibility index (Phi) is 3.35. The molecule has 0 atom stereocenters. The van der Waals surface area contributed by atoms with Crippen LogP contribution >= 0.6 is 11.3 Å². The maximum atomic E-state index is 11.5. The van der Waals surface area contributed by atoms with Gasteiger partial charge < -0.3 is 4.74 Å². The predicted octanol–water partition coefficient (Wildman–Crippen LogP) is 2.72. The molecule has 2 heterocycles. The Bertz CT molecular complexity index is 533. The maximum Gasteiger partial charge on any atom is 0.339 e. The molecule has 1 aliphatic heterocycles. The molecule has 0 aromatic carbocycles. The van der Waals surface area contributed by atoms with Crippen molar-refractivity contribution < 1.29 is 14.3 Å². The first kappa shape index (κ1) is 11.5. The Hall–Kier alpha value is -1.94. The molecule has 0 spiro atoms. The van der Waals surface area contributed by atoms with Crippen LogP contribution in [-0.4, -0.2) is 11.8 Å². The summed E-state index contributed by atoms with van der Waals surface area (Å²) in [5.74, 6) is -0.299. The highest BCUT2D eigenvalue weighted by Gasteiger charge is 2.16. The summed E-state index contributed by atoms with van der Waals surface area (Å²) in [4.78, 5) is 23.6. The summed E-state index contributed by atoms with van der Waals surface area (Å²) in [6, 6.07) is 3.83. The van der Waals surface area contributed by atoms with Crippen molar-refractivity contribution in [3.05, 3.63) is 52.0 Å². The normalized spacial score (nSPS) is 17.6. The fraction of sp³-hybridized carbons (Fsp3) is 0.0769. The van der Waals surface area contributed by atoms with Crippen molar-refractivity contribution in [3.8, 4) is 0 Å². The van der Waals surface area contributed by atoms with Crippen LogP contribution in [0, 0.1) is 0 Å². The van der Waals surface area contributed by atoms with E-state index in [1.807, 2.05) is 17.5 Å². The van der Waals surface area contributed by atoms with Crippen LogP contribution in [0.4, 0.5) is 0 Å². The molecule has 86 valence electrons. The van der Waals surface area contributed by atoms with Crippen LogP contribution in [0.5, 0.6) is 0 Å². The average molecular weight is 246 g/mol. The zero-order valence-electron chi connectivity index (χ0n) is 9.17. The first-order valence-electron chi connectivity index (χ1n) is 5.03. The van der Waals surface area contributed by atoms with Crippen molar-refractivity contribution in [1.82, 2.24) is 0 Å². The Labute approximate surface area is 103 Å². The Balaban J connectivity index is 2.03. The van der Waals surface area contributed by atoms with Gasteiger partial charge >= 0.3 is 5.97 Å². The molecular weight excluding hydrogens is 236 g/mol. The molecule has 17 heavy (non-hydrogen) atoms. The summed E-state index contributed by atoms with van der Waals surface area (Å²) in [5.41, 5.74) is 0.506. The standard InChI is InChI=1S/C13H10O3S/c1-9-7-11(16-13(9)15)8-10(14)4-5-12-3-2-6-17-12/h2-8H,1H3/b5-4+,11-8+. The van der Waals surface area contributed by atoms with Gasteiger partial charge in [0.2, 0.25) is 0 Å². The van der Waals surface area contributed by atoms with Crippen LogP contribution in [0.1, 0.15) is 11.8 Å². The lowest BCUT2D eigenvalue weighted by Gasteiger charge is -1.92. The topological polar surface area (TPSA) is 43.4 Å². The molecule has 0 N–H and O–H groups in total. The Morgan fingerprint density at radius 2 is 2.29 bits per heavy atom. The van der Waals surface area contributed by atoms with Crippen LogP contribution in [0.3, 0.4) is 0 Å². The van der Waals surface area contributed by atoms with E-state index in [9.17, 15) is 9.59 Å². The second kappa shape index (κ2) is 4.93. The monoisotopic (exact) mass is 246 g/mol. The van der Waals surface area contributed by atoms with E-state index in [1.165, 1.54) is 12.2 Å². The van der Waals surface area contributed by atoms with Crippen molar-refractivity contribution >= 4 is 29.2 Å². The minimum Gasteiger partial charge on any atom is -0.423 e. The molecule has 0 aliphatic carbocycles. The van der Waals surface area contributed by atoms with E-state index in [0.29, 0.717) is 11.3 Å². The minimum atomic E-state index is -0.397. The van der Waals surface area contributed by atoms with Gasteiger partial charge in [-0.15, -0.1) is 11.3 Å². The number of ether oxygens (including phenoxy) is 1. The summed E-state index contributed by atoms with van der Waals surface area (Å²) in [7, 11) is 0. The summed E-state index contributed by atoms with van der Waals surface area (Å²) in [6.45, 7) is 1.65. The van der Waals surface area contributed by atoms with Crippen molar-refractivity contribution in [2.75, 3.05) is 0 Å². The van der Waals surface area contributed by atoms with Crippen molar-refractivity contribution in [2.45, 2.75) is 6.92 Å². The van der Waals surface area contributed by atoms with Gasteiger partial charge in [-0.25, -0.2) is 4.79 Å². The van der Waals surface area contributed by atoms with E-state index < -0.39 is 5.97 Å². The van der Waals surface area contributed by atoms with Gasteiger partial charge in [0.05, 0.1) is 0 Å². The number of thiophene rings is 1. The minimum absolute atomic E-state index is 0.202. The van der Waals surface area contributed by atoms with Crippen molar-refractivity contribution in [3.63, 3.8) is 0 Å². The zero-order chi connectivity index (χ0) is 12.3. The molecule has 1 aliphatic rings. The number of hydrogen-bond acceptors (Lipinski definition) is 4. The molecule has 0 saturated heterocycles. The molecule has 1 aromatic rings. The summed E-state index contributed by atoms with van der Waals surface area (Å²) < 4.78 is 4.86. The van der Waals surface area contributed by atoms with Gasteiger partial charge in [-0.3, -0.25) is 4.79 Å². The first-order valence-corrected chi connectivity index (χ1v) is 5.91. The van der Waals surface area contributed by atoms with E-state index >= 15 is 0 Å². The summed E-state index contributed by atoms with van der Waals surface area (Å²) in [5, 5.41) is 1.94. The fourth-order valence-electron chi connectivity index (χ4n) is 1.30. The van der Waals surface area contributed by atoms with Gasteiger partial charge in [0.25, 0.3) is 0 Å². The quantitative estimate of drug-likeness (QED) is 0.608. The average Bonchev–Trinajstić information content (AvgIpc) is 2.87. The van der Waals surface area contributed by atoms with Gasteiger partial charge in [-0.1, -0.05) is 6.07 Å². The largest absolute Gasteiger partial charge is 0.423 e. The molecule has 0 fully saturated rings. The number of hydrogen-bond donors (Lipinski definition) is 0. The van der Waals surface area contributed by atoms with E-state index in [-0.39, 0.29) is 5.78 Å². The van der Waals surface area contributed by atoms with Crippen LogP contribution in [-0.2, 0) is 14.3 Å². The number of rotatable bonds is 3. The van der Waals surface area contributed by atoms with Gasteiger partial charge in [0, 0.05) is 16.5 Å². The van der Waals surface area contributed by atoms with Gasteiger partial charge in [-0.05, 0) is 36.6 Å². The van der Waals surface area contributed by atoms with Crippen LogP contribution < -0.4 is 0 Å². The smallest absolute Gasteiger partial charge is 0.339 e. The highest BCUT2D eigenvalue weighted by Crippen LogP contribution is 2.16. The molecule has 0 amide bonds. The highest BCUT2D eigenvalue weighted by molar-refractivity contribution is 7.10. The second-order valence-electron chi connectivity index (χ2n) is 3.51. The van der Waals surface area contributed by atoms with Gasteiger partial charge in [0.1, 0.15) is 5.76 Å². The number of carbonyl (C=O) groups is 2. The second-order valence-corrected chi connectivity index (χ2v) is 4.49. The fourth-order valence-corrected chi connectivity index (χ4v) is 1.92. The predicted molar refractivity (Wildman–Crippen MR) is 66.3 cm³/mol. The van der Waals surface area contributed by atoms with Gasteiger partial charge in [0.15, 0.2) is 5.78 Å². The lowest BCUT2D eigenvalue weighted by Crippen LogP contribution is -1.96. The third kappa shape index (κ3) is 3.01. The molecule has 0 bridgehead atoms.